The monoisotopic (exact) mass is 433 g/mol. The smallest absolute Gasteiger partial charge is 0.243 e. The van der Waals surface area contributed by atoms with Crippen LogP contribution in [-0.2, 0) is 36.0 Å². The van der Waals surface area contributed by atoms with Gasteiger partial charge in [-0.3, -0.25) is 4.98 Å². The van der Waals surface area contributed by atoms with Crippen LogP contribution in [0.2, 0.25) is 0 Å². The zero-order valence-electron chi connectivity index (χ0n) is 17.5. The number of hydrogen-bond donors (Lipinski definition) is 1. The Bertz CT molecular complexity index is 1180. The molecule has 0 saturated carbocycles. The summed E-state index contributed by atoms with van der Waals surface area (Å²) in [5.74, 6) is 0. The van der Waals surface area contributed by atoms with Gasteiger partial charge in [0.05, 0.1) is 16.6 Å². The average Bonchev–Trinajstić information content (AvgIpc) is 2.82. The second kappa shape index (κ2) is 8.54. The van der Waals surface area contributed by atoms with E-state index in [4.69, 9.17) is 0 Å². The van der Waals surface area contributed by atoms with Crippen molar-refractivity contribution in [3.05, 3.63) is 94.8 Å². The first-order valence-corrected chi connectivity index (χ1v) is 12.4. The third-order valence-electron chi connectivity index (χ3n) is 6.40. The summed E-state index contributed by atoms with van der Waals surface area (Å²) in [6.45, 7) is 1.66. The maximum Gasteiger partial charge on any atom is 0.243 e. The fourth-order valence-electron chi connectivity index (χ4n) is 4.65. The van der Waals surface area contributed by atoms with E-state index in [-0.39, 0.29) is 6.04 Å². The second-order valence-corrected chi connectivity index (χ2v) is 10.3. The van der Waals surface area contributed by atoms with Crippen LogP contribution in [0.3, 0.4) is 0 Å². The van der Waals surface area contributed by atoms with Crippen LogP contribution in [-0.4, -0.2) is 24.3 Å². The Morgan fingerprint density at radius 3 is 2.55 bits per heavy atom. The topological polar surface area (TPSA) is 62.3 Å². The van der Waals surface area contributed by atoms with Crippen molar-refractivity contribution in [2.45, 2.75) is 49.7 Å². The van der Waals surface area contributed by atoms with Crippen LogP contribution >= 0.6 is 0 Å². The van der Waals surface area contributed by atoms with Gasteiger partial charge in [0.1, 0.15) is 0 Å². The number of nitrogens with zero attached hydrogens (tertiary/aromatic N) is 2. The molecule has 1 N–H and O–H groups in total. The van der Waals surface area contributed by atoms with E-state index in [1.807, 2.05) is 42.6 Å². The third kappa shape index (κ3) is 4.15. The molecule has 5 rings (SSSR count). The van der Waals surface area contributed by atoms with Gasteiger partial charge >= 0.3 is 0 Å². The minimum atomic E-state index is -3.49. The van der Waals surface area contributed by atoms with Crippen molar-refractivity contribution in [1.82, 2.24) is 14.6 Å². The summed E-state index contributed by atoms with van der Waals surface area (Å²) < 4.78 is 27.9. The fourth-order valence-corrected chi connectivity index (χ4v) is 6.07. The zero-order chi connectivity index (χ0) is 21.3. The number of rotatable bonds is 5. The summed E-state index contributed by atoms with van der Waals surface area (Å²) in [7, 11) is -3.49. The van der Waals surface area contributed by atoms with Crippen molar-refractivity contribution in [3.8, 4) is 0 Å². The summed E-state index contributed by atoms with van der Waals surface area (Å²) >= 11 is 0. The van der Waals surface area contributed by atoms with Crippen molar-refractivity contribution < 1.29 is 8.42 Å². The molecule has 1 atom stereocenters. The number of hydrogen-bond acceptors (Lipinski definition) is 4. The highest BCUT2D eigenvalue weighted by atomic mass is 32.2. The van der Waals surface area contributed by atoms with E-state index in [1.165, 1.54) is 11.1 Å². The van der Waals surface area contributed by atoms with E-state index >= 15 is 0 Å². The van der Waals surface area contributed by atoms with Crippen molar-refractivity contribution in [2.24, 2.45) is 0 Å². The largest absolute Gasteiger partial charge is 0.305 e. The normalized spacial score (nSPS) is 18.9. The van der Waals surface area contributed by atoms with E-state index < -0.39 is 10.0 Å². The van der Waals surface area contributed by atoms with Crippen LogP contribution in [0.15, 0.2) is 71.8 Å². The van der Waals surface area contributed by atoms with Crippen molar-refractivity contribution in [1.29, 1.82) is 0 Å². The van der Waals surface area contributed by atoms with Crippen LogP contribution in [0.25, 0.3) is 0 Å². The number of aromatic nitrogens is 1. The average molecular weight is 434 g/mol. The molecule has 0 saturated heterocycles. The summed E-state index contributed by atoms with van der Waals surface area (Å²) in [4.78, 5) is 4.94. The van der Waals surface area contributed by atoms with Crippen LogP contribution in [0.4, 0.5) is 0 Å². The molecule has 3 aromatic rings. The van der Waals surface area contributed by atoms with Crippen LogP contribution in [0, 0.1) is 0 Å². The number of sulfonamides is 1. The Balaban J connectivity index is 1.26. The molecule has 5 nitrogen and oxygen atoms in total. The number of aryl methyl sites for hydroxylation is 1. The van der Waals surface area contributed by atoms with Gasteiger partial charge < -0.3 is 5.32 Å². The van der Waals surface area contributed by atoms with E-state index in [0.717, 1.165) is 42.5 Å². The Morgan fingerprint density at radius 1 is 0.935 bits per heavy atom. The fraction of sp³-hybridized carbons (Fsp3) is 0.320. The molecule has 2 aliphatic rings. The van der Waals surface area contributed by atoms with Crippen LogP contribution in [0.1, 0.15) is 46.8 Å². The number of pyridine rings is 1. The number of benzene rings is 2. The molecule has 1 aliphatic heterocycles. The zero-order valence-corrected chi connectivity index (χ0v) is 18.3. The molecule has 1 aliphatic carbocycles. The molecule has 0 radical (unpaired) electrons. The summed E-state index contributed by atoms with van der Waals surface area (Å²) in [6.07, 6.45) is 5.94. The summed E-state index contributed by atoms with van der Waals surface area (Å²) in [5, 5.41) is 3.60. The molecule has 0 spiro atoms. The maximum atomic E-state index is 13.2. The van der Waals surface area contributed by atoms with Crippen molar-refractivity contribution >= 4 is 10.0 Å². The Kier molecular flexibility index (Phi) is 5.61. The summed E-state index contributed by atoms with van der Waals surface area (Å²) in [5.41, 5.74) is 5.90. The third-order valence-corrected chi connectivity index (χ3v) is 8.26. The van der Waals surface area contributed by atoms with Gasteiger partial charge in [0.2, 0.25) is 10.0 Å². The highest BCUT2D eigenvalue weighted by Gasteiger charge is 2.28. The lowest BCUT2D eigenvalue weighted by Crippen LogP contribution is -2.35. The molecule has 1 aromatic heterocycles. The van der Waals surface area contributed by atoms with Crippen molar-refractivity contribution in [3.63, 3.8) is 0 Å². The van der Waals surface area contributed by atoms with Gasteiger partial charge in [0.15, 0.2) is 0 Å². The molecule has 0 amide bonds. The summed E-state index contributed by atoms with van der Waals surface area (Å²) in [6, 6.07) is 19.8. The molecule has 0 fully saturated rings. The molecule has 2 aromatic carbocycles. The molecule has 6 heteroatoms. The lowest BCUT2D eigenvalue weighted by Gasteiger charge is -2.28. The first kappa shape index (κ1) is 20.4. The van der Waals surface area contributed by atoms with Gasteiger partial charge in [-0.1, -0.05) is 42.5 Å². The van der Waals surface area contributed by atoms with Crippen LogP contribution in [0.5, 0.6) is 0 Å². The van der Waals surface area contributed by atoms with Crippen molar-refractivity contribution in [2.75, 3.05) is 6.54 Å². The predicted molar refractivity (Wildman–Crippen MR) is 121 cm³/mol. The van der Waals surface area contributed by atoms with Gasteiger partial charge in [0.25, 0.3) is 0 Å². The molecular weight excluding hydrogens is 406 g/mol. The van der Waals surface area contributed by atoms with Gasteiger partial charge in [-0.05, 0) is 66.1 Å². The Hall–Kier alpha value is -2.54. The SMILES string of the molecule is O=S(=O)(c1ccc(CNC2CCCc3cccnc32)cc1)N1CCc2ccccc2C1. The van der Waals surface area contributed by atoms with E-state index in [0.29, 0.717) is 24.5 Å². The number of nitrogens with one attached hydrogen (secondary N) is 1. The van der Waals surface area contributed by atoms with Crippen LogP contribution < -0.4 is 5.32 Å². The molecule has 0 bridgehead atoms. The second-order valence-electron chi connectivity index (χ2n) is 8.37. The van der Waals surface area contributed by atoms with Gasteiger partial charge in [-0.15, -0.1) is 0 Å². The van der Waals surface area contributed by atoms with Gasteiger partial charge in [-0.25, -0.2) is 8.42 Å². The van der Waals surface area contributed by atoms with Gasteiger partial charge in [-0.2, -0.15) is 4.31 Å². The Labute approximate surface area is 184 Å². The molecule has 160 valence electrons. The maximum absolute atomic E-state index is 13.2. The minimum absolute atomic E-state index is 0.252. The highest BCUT2D eigenvalue weighted by molar-refractivity contribution is 7.89. The standard InChI is InChI=1S/C25H27N3O2S/c29-31(30,28-16-14-20-5-1-2-6-22(20)18-28)23-12-10-19(11-13-23)17-27-24-9-3-7-21-8-4-15-26-25(21)24/h1-2,4-6,8,10-13,15,24,27H,3,7,9,14,16-18H2. The molecular formula is C25H27N3O2S. The molecule has 2 heterocycles. The van der Waals surface area contributed by atoms with Gasteiger partial charge in [0, 0.05) is 25.8 Å². The van der Waals surface area contributed by atoms with E-state index in [9.17, 15) is 8.42 Å². The lowest BCUT2D eigenvalue weighted by molar-refractivity contribution is 0.391. The number of fused-ring (bicyclic) bond motifs is 2. The first-order chi connectivity index (χ1) is 15.1. The lowest BCUT2D eigenvalue weighted by atomic mass is 9.92. The molecule has 1 unspecified atom stereocenters. The van der Waals surface area contributed by atoms with E-state index in [1.54, 1.807) is 16.4 Å². The highest BCUT2D eigenvalue weighted by Crippen LogP contribution is 2.28. The quantitative estimate of drug-likeness (QED) is 0.661. The Morgan fingerprint density at radius 2 is 1.71 bits per heavy atom. The minimum Gasteiger partial charge on any atom is -0.305 e. The first-order valence-electron chi connectivity index (χ1n) is 10.9. The molecule has 31 heavy (non-hydrogen) atoms. The predicted octanol–water partition coefficient (Wildman–Crippen LogP) is 4.00. The van der Waals surface area contributed by atoms with E-state index in [2.05, 4.69) is 22.4 Å².